The Balaban J connectivity index is 1.89. The van der Waals surface area contributed by atoms with E-state index >= 15 is 0 Å². The lowest BCUT2D eigenvalue weighted by atomic mass is 9.94. The van der Waals surface area contributed by atoms with Crippen molar-refractivity contribution in [2.45, 2.75) is 58.1 Å². The highest BCUT2D eigenvalue weighted by atomic mass is 32.2. The topological polar surface area (TPSA) is 111 Å². The van der Waals surface area contributed by atoms with Crippen molar-refractivity contribution in [2.24, 2.45) is 0 Å². The van der Waals surface area contributed by atoms with Gasteiger partial charge in [-0.25, -0.2) is 18.1 Å². The van der Waals surface area contributed by atoms with Gasteiger partial charge in [-0.3, -0.25) is 9.36 Å². The summed E-state index contributed by atoms with van der Waals surface area (Å²) in [6, 6.07) is 6.70. The number of nitrogens with zero attached hydrogens (tertiary/aromatic N) is 2. The molecule has 1 aromatic heterocycles. The first-order valence-corrected chi connectivity index (χ1v) is 11.9. The molecule has 0 atom stereocenters. The number of rotatable bonds is 5. The van der Waals surface area contributed by atoms with Crippen LogP contribution in [0, 0.1) is 20.8 Å². The lowest BCUT2D eigenvalue weighted by molar-refractivity contribution is 0.137. The Kier molecular flexibility index (Phi) is 5.29. The second kappa shape index (κ2) is 7.60. The van der Waals surface area contributed by atoms with Gasteiger partial charge < -0.3 is 9.84 Å². The van der Waals surface area contributed by atoms with Crippen LogP contribution in [0.2, 0.25) is 0 Å². The van der Waals surface area contributed by atoms with Gasteiger partial charge >= 0.3 is 0 Å². The molecule has 0 bridgehead atoms. The minimum atomic E-state index is -4.09. The van der Waals surface area contributed by atoms with Crippen molar-refractivity contribution in [3.63, 3.8) is 0 Å². The summed E-state index contributed by atoms with van der Waals surface area (Å²) < 4.78 is 36.9. The highest BCUT2D eigenvalue weighted by Gasteiger charge is 2.37. The number of hydrogen-bond acceptors (Lipinski definition) is 6. The summed E-state index contributed by atoms with van der Waals surface area (Å²) in [5.74, 6) is 0.612. The van der Waals surface area contributed by atoms with Gasteiger partial charge in [-0.2, -0.15) is 0 Å². The first-order chi connectivity index (χ1) is 15.0. The third kappa shape index (κ3) is 3.55. The van der Waals surface area contributed by atoms with Crippen LogP contribution in [0.4, 0.5) is 5.95 Å². The van der Waals surface area contributed by atoms with Crippen LogP contribution in [-0.4, -0.2) is 35.3 Å². The first-order valence-electron chi connectivity index (χ1n) is 10.4. The van der Waals surface area contributed by atoms with E-state index in [1.54, 1.807) is 38.1 Å². The highest BCUT2D eigenvalue weighted by Crippen LogP contribution is 2.44. The van der Waals surface area contributed by atoms with Gasteiger partial charge in [-0.15, -0.1) is 0 Å². The van der Waals surface area contributed by atoms with E-state index in [1.165, 1.54) is 0 Å². The van der Waals surface area contributed by atoms with Gasteiger partial charge in [0, 0.05) is 12.0 Å². The van der Waals surface area contributed by atoms with Gasteiger partial charge in [0.25, 0.3) is 15.6 Å². The SMILES string of the molecule is Cc1c(C)c(S(=O)(=O)Nc2nc3ccccc3c(=O)n2CCO)c(C)c2c1OC(C)(C)C2. The van der Waals surface area contributed by atoms with Gasteiger partial charge in [0.15, 0.2) is 0 Å². The summed E-state index contributed by atoms with van der Waals surface area (Å²) in [5.41, 5.74) is 2.39. The Morgan fingerprint density at radius 3 is 2.53 bits per heavy atom. The molecule has 4 rings (SSSR count). The molecule has 0 spiro atoms. The Morgan fingerprint density at radius 2 is 1.84 bits per heavy atom. The molecule has 0 radical (unpaired) electrons. The summed E-state index contributed by atoms with van der Waals surface area (Å²) in [5, 5.41) is 9.81. The molecule has 1 aliphatic rings. The van der Waals surface area contributed by atoms with Crippen molar-refractivity contribution in [2.75, 3.05) is 11.3 Å². The molecule has 1 aliphatic heterocycles. The van der Waals surface area contributed by atoms with Crippen LogP contribution in [0.3, 0.4) is 0 Å². The number of nitrogens with one attached hydrogen (secondary N) is 1. The summed E-state index contributed by atoms with van der Waals surface area (Å²) in [6.07, 6.45) is 0.598. The number of aliphatic hydroxyl groups is 1. The number of sulfonamides is 1. The second-order valence-electron chi connectivity index (χ2n) is 8.79. The lowest BCUT2D eigenvalue weighted by Gasteiger charge is -2.20. The maximum Gasteiger partial charge on any atom is 0.264 e. The number of aliphatic hydroxyl groups excluding tert-OH is 1. The summed E-state index contributed by atoms with van der Waals surface area (Å²) in [6.45, 7) is 8.90. The molecular weight excluding hydrogens is 430 g/mol. The van der Waals surface area contributed by atoms with Crippen molar-refractivity contribution in [3.8, 4) is 5.75 Å². The first kappa shape index (κ1) is 22.3. The van der Waals surface area contributed by atoms with E-state index in [1.807, 2.05) is 20.8 Å². The van der Waals surface area contributed by atoms with Crippen molar-refractivity contribution in [1.29, 1.82) is 0 Å². The van der Waals surface area contributed by atoms with Crippen LogP contribution >= 0.6 is 0 Å². The van der Waals surface area contributed by atoms with Gasteiger partial charge in [-0.1, -0.05) is 12.1 Å². The Bertz CT molecular complexity index is 1410. The number of anilines is 1. The molecule has 0 unspecified atom stereocenters. The van der Waals surface area contributed by atoms with Crippen LogP contribution in [0.25, 0.3) is 10.9 Å². The molecule has 0 saturated heterocycles. The van der Waals surface area contributed by atoms with E-state index in [0.29, 0.717) is 28.5 Å². The van der Waals surface area contributed by atoms with Gasteiger partial charge in [0.05, 0.1) is 29.0 Å². The molecule has 0 fully saturated rings. The predicted octanol–water partition coefficient (Wildman–Crippen LogP) is 2.83. The number of para-hydroxylation sites is 1. The Hall–Kier alpha value is -2.91. The Labute approximate surface area is 186 Å². The zero-order valence-electron chi connectivity index (χ0n) is 18.8. The van der Waals surface area contributed by atoms with E-state index in [0.717, 1.165) is 21.4 Å². The smallest absolute Gasteiger partial charge is 0.264 e. The molecule has 2 aromatic carbocycles. The van der Waals surface area contributed by atoms with Gasteiger partial charge in [0.1, 0.15) is 11.4 Å². The second-order valence-corrected chi connectivity index (χ2v) is 10.4. The number of fused-ring (bicyclic) bond motifs is 2. The van der Waals surface area contributed by atoms with Crippen LogP contribution in [-0.2, 0) is 23.0 Å². The average molecular weight is 458 g/mol. The molecule has 0 amide bonds. The lowest BCUT2D eigenvalue weighted by Crippen LogP contribution is -2.29. The molecule has 8 nitrogen and oxygen atoms in total. The van der Waals surface area contributed by atoms with Crippen molar-refractivity contribution in [1.82, 2.24) is 9.55 Å². The third-order valence-electron chi connectivity index (χ3n) is 5.97. The maximum absolute atomic E-state index is 13.6. The molecular formula is C23H27N3O5S. The zero-order valence-corrected chi connectivity index (χ0v) is 19.6. The normalized spacial score (nSPS) is 14.9. The van der Waals surface area contributed by atoms with Crippen molar-refractivity contribution in [3.05, 3.63) is 56.9 Å². The number of ether oxygens (including phenoxy) is 1. The standard InChI is InChI=1S/C23H27N3O5S/c1-13-14(2)20(15(3)17-12-23(4,5)31-19(13)17)32(29,30)25-22-24-18-9-7-6-8-16(18)21(28)26(22)10-11-27/h6-9,27H,10-12H2,1-5H3,(H,24,25). The van der Waals surface area contributed by atoms with Gasteiger partial charge in [0.2, 0.25) is 5.95 Å². The monoisotopic (exact) mass is 457 g/mol. The predicted molar refractivity (Wildman–Crippen MR) is 123 cm³/mol. The van der Waals surface area contributed by atoms with Crippen LogP contribution in [0.1, 0.15) is 36.1 Å². The van der Waals surface area contributed by atoms with Crippen molar-refractivity contribution < 1.29 is 18.3 Å². The average Bonchev–Trinajstić information content (AvgIpc) is 3.05. The molecule has 32 heavy (non-hydrogen) atoms. The zero-order chi connectivity index (χ0) is 23.4. The largest absolute Gasteiger partial charge is 0.487 e. The number of benzene rings is 2. The molecule has 3 aromatic rings. The molecule has 0 saturated carbocycles. The minimum Gasteiger partial charge on any atom is -0.487 e. The van der Waals surface area contributed by atoms with Crippen LogP contribution in [0.5, 0.6) is 5.75 Å². The van der Waals surface area contributed by atoms with Crippen molar-refractivity contribution >= 4 is 26.9 Å². The fraction of sp³-hybridized carbons (Fsp3) is 0.391. The van der Waals surface area contributed by atoms with E-state index in [4.69, 9.17) is 4.74 Å². The highest BCUT2D eigenvalue weighted by molar-refractivity contribution is 7.92. The molecule has 2 N–H and O–H groups in total. The number of aromatic nitrogens is 2. The van der Waals surface area contributed by atoms with E-state index < -0.39 is 21.2 Å². The fourth-order valence-corrected chi connectivity index (χ4v) is 5.95. The summed E-state index contributed by atoms with van der Waals surface area (Å²) >= 11 is 0. The van der Waals surface area contributed by atoms with Gasteiger partial charge in [-0.05, 0) is 63.4 Å². The third-order valence-corrected chi connectivity index (χ3v) is 7.57. The van der Waals surface area contributed by atoms with Crippen LogP contribution < -0.4 is 15.0 Å². The van der Waals surface area contributed by atoms with E-state index in [-0.39, 0.29) is 24.0 Å². The number of hydrogen-bond donors (Lipinski definition) is 2. The summed E-state index contributed by atoms with van der Waals surface area (Å²) in [7, 11) is -4.09. The molecule has 170 valence electrons. The molecule has 9 heteroatoms. The fourth-order valence-electron chi connectivity index (χ4n) is 4.37. The van der Waals surface area contributed by atoms with E-state index in [2.05, 4.69) is 9.71 Å². The Morgan fingerprint density at radius 1 is 1.16 bits per heavy atom. The van der Waals surface area contributed by atoms with E-state index in [9.17, 15) is 18.3 Å². The van der Waals surface area contributed by atoms with Crippen LogP contribution in [0.15, 0.2) is 34.0 Å². The quantitative estimate of drug-likeness (QED) is 0.610. The molecule has 0 aliphatic carbocycles. The molecule has 2 heterocycles. The maximum atomic E-state index is 13.6. The summed E-state index contributed by atoms with van der Waals surface area (Å²) in [4.78, 5) is 17.5. The minimum absolute atomic E-state index is 0.0856.